The zero-order valence-electron chi connectivity index (χ0n) is 15.3. The minimum atomic E-state index is -0.224. The van der Waals surface area contributed by atoms with Crippen LogP contribution in [0.4, 0.5) is 4.39 Å². The summed E-state index contributed by atoms with van der Waals surface area (Å²) in [7, 11) is 1.67. The lowest BCUT2D eigenvalue weighted by Crippen LogP contribution is -2.39. The number of hydrogen-bond acceptors (Lipinski definition) is 2. The number of rotatable bonds is 6. The second-order valence-electron chi connectivity index (χ2n) is 6.97. The number of methoxy groups -OCH3 is 1. The van der Waals surface area contributed by atoms with Crippen LogP contribution in [-0.4, -0.2) is 31.0 Å². The van der Waals surface area contributed by atoms with Gasteiger partial charge in [0.1, 0.15) is 11.6 Å². The Bertz CT molecular complexity index is 721. The number of halogens is 1. The summed E-state index contributed by atoms with van der Waals surface area (Å²) in [4.78, 5) is 14.3. The van der Waals surface area contributed by atoms with Crippen molar-refractivity contribution in [1.82, 2.24) is 4.90 Å². The zero-order chi connectivity index (χ0) is 18.4. The Morgan fingerprint density at radius 3 is 2.46 bits per heavy atom. The average Bonchev–Trinajstić information content (AvgIpc) is 2.68. The van der Waals surface area contributed by atoms with Crippen LogP contribution < -0.4 is 4.74 Å². The fraction of sp³-hybridized carbons (Fsp3) is 0.409. The van der Waals surface area contributed by atoms with Crippen molar-refractivity contribution in [2.75, 3.05) is 20.2 Å². The van der Waals surface area contributed by atoms with Crippen LogP contribution in [0.25, 0.3) is 0 Å². The molecule has 0 unspecified atom stereocenters. The average molecular weight is 355 g/mol. The predicted octanol–water partition coefficient (Wildman–Crippen LogP) is 4.25. The van der Waals surface area contributed by atoms with Crippen LogP contribution in [0.15, 0.2) is 48.5 Å². The second-order valence-corrected chi connectivity index (χ2v) is 6.97. The van der Waals surface area contributed by atoms with Gasteiger partial charge >= 0.3 is 0 Å². The molecule has 2 aromatic rings. The molecular formula is C22H26FNO2. The van der Waals surface area contributed by atoms with E-state index >= 15 is 0 Å². The third kappa shape index (κ3) is 4.84. The standard InChI is InChI=1S/C22H26FNO2/c1-26-20-9-6-17(7-10-20)16-18-12-14-24(15-13-18)22(25)11-8-19-4-2-3-5-21(19)23/h2-7,9-10,18H,8,11-16H2,1H3. The molecule has 0 aliphatic carbocycles. The highest BCUT2D eigenvalue weighted by Gasteiger charge is 2.23. The van der Waals surface area contributed by atoms with Crippen LogP contribution in [0.1, 0.15) is 30.4 Å². The van der Waals surface area contributed by atoms with E-state index in [4.69, 9.17) is 4.74 Å². The summed E-state index contributed by atoms with van der Waals surface area (Å²) < 4.78 is 18.8. The molecular weight excluding hydrogens is 329 g/mol. The van der Waals surface area contributed by atoms with Gasteiger partial charge in [-0.15, -0.1) is 0 Å². The van der Waals surface area contributed by atoms with Crippen molar-refractivity contribution in [3.05, 3.63) is 65.5 Å². The van der Waals surface area contributed by atoms with Gasteiger partial charge in [-0.25, -0.2) is 4.39 Å². The molecule has 0 bridgehead atoms. The molecule has 1 aliphatic rings. The van der Waals surface area contributed by atoms with Gasteiger partial charge in [0.15, 0.2) is 0 Å². The van der Waals surface area contributed by atoms with Gasteiger partial charge in [0.05, 0.1) is 7.11 Å². The second kappa shape index (κ2) is 8.84. The Hall–Kier alpha value is -2.36. The summed E-state index contributed by atoms with van der Waals surface area (Å²) in [5.41, 5.74) is 1.94. The van der Waals surface area contributed by atoms with Gasteiger partial charge in [0, 0.05) is 19.5 Å². The minimum Gasteiger partial charge on any atom is -0.497 e. The highest BCUT2D eigenvalue weighted by atomic mass is 19.1. The van der Waals surface area contributed by atoms with E-state index in [1.54, 1.807) is 19.2 Å². The Labute approximate surface area is 154 Å². The fourth-order valence-electron chi connectivity index (χ4n) is 3.58. The first-order valence-corrected chi connectivity index (χ1v) is 9.30. The van der Waals surface area contributed by atoms with E-state index in [1.807, 2.05) is 23.1 Å². The Morgan fingerprint density at radius 1 is 1.12 bits per heavy atom. The maximum atomic E-state index is 13.7. The number of ether oxygens (including phenoxy) is 1. The van der Waals surface area contributed by atoms with Crippen LogP contribution >= 0.6 is 0 Å². The summed E-state index contributed by atoms with van der Waals surface area (Å²) in [5, 5.41) is 0. The molecule has 0 radical (unpaired) electrons. The summed E-state index contributed by atoms with van der Waals surface area (Å²) in [5.74, 6) is 1.40. The SMILES string of the molecule is COc1ccc(CC2CCN(C(=O)CCc3ccccc3F)CC2)cc1. The van der Waals surface area contributed by atoms with Crippen molar-refractivity contribution in [3.8, 4) is 5.75 Å². The van der Waals surface area contributed by atoms with E-state index in [0.717, 1.165) is 38.1 Å². The van der Waals surface area contributed by atoms with Gasteiger partial charge < -0.3 is 9.64 Å². The molecule has 138 valence electrons. The molecule has 26 heavy (non-hydrogen) atoms. The lowest BCUT2D eigenvalue weighted by molar-refractivity contribution is -0.132. The number of benzene rings is 2. The molecule has 0 spiro atoms. The number of amides is 1. The van der Waals surface area contributed by atoms with Crippen molar-refractivity contribution >= 4 is 5.91 Å². The molecule has 2 aromatic carbocycles. The predicted molar refractivity (Wildman–Crippen MR) is 101 cm³/mol. The largest absolute Gasteiger partial charge is 0.497 e. The molecule has 1 amide bonds. The lowest BCUT2D eigenvalue weighted by Gasteiger charge is -2.32. The molecule has 0 saturated carbocycles. The van der Waals surface area contributed by atoms with Gasteiger partial charge in [-0.2, -0.15) is 0 Å². The first-order chi connectivity index (χ1) is 12.7. The van der Waals surface area contributed by atoms with Crippen LogP contribution in [0.5, 0.6) is 5.75 Å². The van der Waals surface area contributed by atoms with E-state index in [1.165, 1.54) is 11.6 Å². The van der Waals surface area contributed by atoms with E-state index in [-0.39, 0.29) is 11.7 Å². The number of aryl methyl sites for hydroxylation is 1. The van der Waals surface area contributed by atoms with E-state index in [9.17, 15) is 9.18 Å². The number of piperidine rings is 1. The van der Waals surface area contributed by atoms with Gasteiger partial charge in [-0.1, -0.05) is 30.3 Å². The first kappa shape index (κ1) is 18.4. The molecule has 0 atom stereocenters. The molecule has 1 saturated heterocycles. The molecule has 3 rings (SSSR count). The minimum absolute atomic E-state index is 0.135. The van der Waals surface area contributed by atoms with Crippen molar-refractivity contribution < 1.29 is 13.9 Å². The third-order valence-electron chi connectivity index (χ3n) is 5.22. The number of hydrogen-bond donors (Lipinski definition) is 0. The maximum absolute atomic E-state index is 13.7. The quantitative estimate of drug-likeness (QED) is 0.775. The molecule has 1 fully saturated rings. The Morgan fingerprint density at radius 2 is 1.81 bits per heavy atom. The summed E-state index contributed by atoms with van der Waals surface area (Å²) >= 11 is 0. The topological polar surface area (TPSA) is 29.5 Å². The maximum Gasteiger partial charge on any atom is 0.222 e. The van der Waals surface area contributed by atoms with E-state index in [2.05, 4.69) is 12.1 Å². The van der Waals surface area contributed by atoms with E-state index in [0.29, 0.717) is 24.3 Å². The number of carbonyl (C=O) groups is 1. The smallest absolute Gasteiger partial charge is 0.222 e. The molecule has 1 heterocycles. The van der Waals surface area contributed by atoms with Gasteiger partial charge in [0.25, 0.3) is 0 Å². The van der Waals surface area contributed by atoms with Crippen molar-refractivity contribution in [3.63, 3.8) is 0 Å². The summed E-state index contributed by atoms with van der Waals surface area (Å²) in [6.07, 6.45) is 3.94. The normalized spacial score (nSPS) is 15.1. The molecule has 1 aliphatic heterocycles. The number of likely N-dealkylation sites (tertiary alicyclic amines) is 1. The first-order valence-electron chi connectivity index (χ1n) is 9.30. The van der Waals surface area contributed by atoms with E-state index < -0.39 is 0 Å². The summed E-state index contributed by atoms with van der Waals surface area (Å²) in [6, 6.07) is 14.9. The highest BCUT2D eigenvalue weighted by molar-refractivity contribution is 5.76. The van der Waals surface area contributed by atoms with Gasteiger partial charge in [-0.05, 0) is 60.9 Å². The van der Waals surface area contributed by atoms with Crippen molar-refractivity contribution in [2.45, 2.75) is 32.1 Å². The lowest BCUT2D eigenvalue weighted by atomic mass is 9.90. The highest BCUT2D eigenvalue weighted by Crippen LogP contribution is 2.23. The molecule has 0 aromatic heterocycles. The van der Waals surface area contributed by atoms with Crippen molar-refractivity contribution in [2.24, 2.45) is 5.92 Å². The monoisotopic (exact) mass is 355 g/mol. The summed E-state index contributed by atoms with van der Waals surface area (Å²) in [6.45, 7) is 1.61. The van der Waals surface area contributed by atoms with Gasteiger partial charge in [-0.3, -0.25) is 4.79 Å². The van der Waals surface area contributed by atoms with Crippen molar-refractivity contribution in [1.29, 1.82) is 0 Å². The van der Waals surface area contributed by atoms with Crippen LogP contribution in [0.2, 0.25) is 0 Å². The fourth-order valence-corrected chi connectivity index (χ4v) is 3.58. The van der Waals surface area contributed by atoms with Crippen LogP contribution in [0.3, 0.4) is 0 Å². The molecule has 4 heteroatoms. The number of carbonyl (C=O) groups excluding carboxylic acids is 1. The van der Waals surface area contributed by atoms with Gasteiger partial charge in [0.2, 0.25) is 5.91 Å². The third-order valence-corrected chi connectivity index (χ3v) is 5.22. The molecule has 3 nitrogen and oxygen atoms in total. The zero-order valence-corrected chi connectivity index (χ0v) is 15.3. The van der Waals surface area contributed by atoms with Crippen LogP contribution in [-0.2, 0) is 17.6 Å². The Kier molecular flexibility index (Phi) is 6.26. The van der Waals surface area contributed by atoms with Crippen LogP contribution in [0, 0.1) is 11.7 Å². The Balaban J connectivity index is 1.44. The molecule has 0 N–H and O–H groups in total. The number of nitrogens with zero attached hydrogens (tertiary/aromatic N) is 1.